The quantitative estimate of drug-likeness (QED) is 0.637. The van der Waals surface area contributed by atoms with Gasteiger partial charge in [0, 0.05) is 5.56 Å². The molecule has 0 saturated carbocycles. The molecule has 2 rings (SSSR count). The number of aliphatic imine (C=N–C) groups is 1. The lowest BCUT2D eigenvalue weighted by atomic mass is 10.1. The Labute approximate surface area is 110 Å². The molecule has 2 atom stereocenters. The number of phenols is 1. The number of terminal acetylenes is 1. The second-order valence-corrected chi connectivity index (χ2v) is 4.10. The smallest absolute Gasteiger partial charge is 0.334 e. The Hall–Kier alpha value is -2.48. The summed E-state index contributed by atoms with van der Waals surface area (Å²) in [7, 11) is 1.29. The molecule has 5 nitrogen and oxygen atoms in total. The van der Waals surface area contributed by atoms with E-state index in [0.29, 0.717) is 11.1 Å². The SMILES string of the molecule is C#Cc1ccc(C2=NC(C(=O)OC)C(C)O2)c(O)c1. The summed E-state index contributed by atoms with van der Waals surface area (Å²) in [4.78, 5) is 15.6. The maximum absolute atomic E-state index is 11.5. The average Bonchev–Trinajstić information content (AvgIpc) is 2.79. The number of nitrogens with zero attached hydrogens (tertiary/aromatic N) is 1. The summed E-state index contributed by atoms with van der Waals surface area (Å²) in [6.45, 7) is 1.71. The first kappa shape index (κ1) is 13.0. The zero-order chi connectivity index (χ0) is 14.0. The first-order chi connectivity index (χ1) is 9.06. The van der Waals surface area contributed by atoms with Crippen molar-refractivity contribution in [1.82, 2.24) is 0 Å². The van der Waals surface area contributed by atoms with Crippen molar-refractivity contribution in [1.29, 1.82) is 0 Å². The highest BCUT2D eigenvalue weighted by Crippen LogP contribution is 2.25. The van der Waals surface area contributed by atoms with Gasteiger partial charge >= 0.3 is 5.97 Å². The molecule has 19 heavy (non-hydrogen) atoms. The summed E-state index contributed by atoms with van der Waals surface area (Å²) in [6.07, 6.45) is 4.80. The lowest BCUT2D eigenvalue weighted by molar-refractivity contribution is -0.143. The number of phenolic OH excluding ortho intramolecular Hbond substituents is 1. The van der Waals surface area contributed by atoms with Crippen molar-refractivity contribution in [3.8, 4) is 18.1 Å². The molecule has 0 radical (unpaired) electrons. The lowest BCUT2D eigenvalue weighted by Crippen LogP contribution is -2.28. The van der Waals surface area contributed by atoms with Gasteiger partial charge in [0.15, 0.2) is 6.04 Å². The topological polar surface area (TPSA) is 68.1 Å². The summed E-state index contributed by atoms with van der Waals surface area (Å²) in [5.74, 6) is 2.12. The van der Waals surface area contributed by atoms with E-state index in [1.54, 1.807) is 19.1 Å². The molecule has 1 heterocycles. The van der Waals surface area contributed by atoms with Crippen molar-refractivity contribution in [3.05, 3.63) is 29.3 Å². The van der Waals surface area contributed by atoms with Gasteiger partial charge in [-0.3, -0.25) is 0 Å². The maximum Gasteiger partial charge on any atom is 0.334 e. The van der Waals surface area contributed by atoms with E-state index in [2.05, 4.69) is 15.6 Å². The van der Waals surface area contributed by atoms with Crippen LogP contribution in [0.4, 0.5) is 0 Å². The fourth-order valence-electron chi connectivity index (χ4n) is 1.80. The van der Waals surface area contributed by atoms with Crippen molar-refractivity contribution in [2.75, 3.05) is 7.11 Å². The molecule has 0 saturated heterocycles. The van der Waals surface area contributed by atoms with E-state index in [1.165, 1.54) is 13.2 Å². The molecule has 0 bridgehead atoms. The van der Waals surface area contributed by atoms with Crippen LogP contribution in [0, 0.1) is 12.3 Å². The second kappa shape index (κ2) is 5.02. The molecular weight excluding hydrogens is 246 g/mol. The van der Waals surface area contributed by atoms with Crippen molar-refractivity contribution >= 4 is 11.9 Å². The van der Waals surface area contributed by atoms with Crippen LogP contribution in [0.5, 0.6) is 5.75 Å². The van der Waals surface area contributed by atoms with Gasteiger partial charge in [0.05, 0.1) is 12.7 Å². The largest absolute Gasteiger partial charge is 0.507 e. The van der Waals surface area contributed by atoms with Gasteiger partial charge in [0.25, 0.3) is 0 Å². The molecule has 0 fully saturated rings. The first-order valence-electron chi connectivity index (χ1n) is 5.69. The van der Waals surface area contributed by atoms with Gasteiger partial charge in [0.1, 0.15) is 11.9 Å². The number of methoxy groups -OCH3 is 1. The molecule has 1 aromatic rings. The Morgan fingerprint density at radius 3 is 2.89 bits per heavy atom. The number of carbonyl (C=O) groups excluding carboxylic acids is 1. The number of esters is 1. The van der Waals surface area contributed by atoms with Gasteiger partial charge in [-0.1, -0.05) is 5.92 Å². The number of rotatable bonds is 2. The molecule has 0 aliphatic carbocycles. The van der Waals surface area contributed by atoms with Crippen LogP contribution in [0.15, 0.2) is 23.2 Å². The van der Waals surface area contributed by atoms with E-state index in [9.17, 15) is 9.90 Å². The van der Waals surface area contributed by atoms with Crippen molar-refractivity contribution < 1.29 is 19.4 Å². The highest BCUT2D eigenvalue weighted by atomic mass is 16.5. The van der Waals surface area contributed by atoms with Crippen LogP contribution in [-0.4, -0.2) is 36.2 Å². The van der Waals surface area contributed by atoms with Crippen molar-refractivity contribution in [3.63, 3.8) is 0 Å². The lowest BCUT2D eigenvalue weighted by Gasteiger charge is -2.10. The molecule has 0 amide bonds. The highest BCUT2D eigenvalue weighted by molar-refractivity contribution is 6.00. The fourth-order valence-corrected chi connectivity index (χ4v) is 1.80. The second-order valence-electron chi connectivity index (χ2n) is 4.10. The highest BCUT2D eigenvalue weighted by Gasteiger charge is 2.35. The zero-order valence-corrected chi connectivity index (χ0v) is 10.6. The van der Waals surface area contributed by atoms with Gasteiger partial charge in [0.2, 0.25) is 5.90 Å². The van der Waals surface area contributed by atoms with Crippen LogP contribution in [0.3, 0.4) is 0 Å². The number of aromatic hydroxyl groups is 1. The van der Waals surface area contributed by atoms with E-state index >= 15 is 0 Å². The third-order valence-electron chi connectivity index (χ3n) is 2.84. The van der Waals surface area contributed by atoms with Crippen LogP contribution < -0.4 is 0 Å². The Balaban J connectivity index is 2.34. The Morgan fingerprint density at radius 1 is 1.58 bits per heavy atom. The predicted molar refractivity (Wildman–Crippen MR) is 68.9 cm³/mol. The molecule has 1 aromatic carbocycles. The summed E-state index contributed by atoms with van der Waals surface area (Å²) in [5.41, 5.74) is 0.953. The van der Waals surface area contributed by atoms with E-state index in [0.717, 1.165) is 0 Å². The molecule has 1 aliphatic rings. The minimum absolute atomic E-state index is 0.0353. The van der Waals surface area contributed by atoms with E-state index in [1.807, 2.05) is 0 Å². The summed E-state index contributed by atoms with van der Waals surface area (Å²) in [5, 5.41) is 9.88. The third-order valence-corrected chi connectivity index (χ3v) is 2.84. The van der Waals surface area contributed by atoms with Crippen LogP contribution in [0.2, 0.25) is 0 Å². The van der Waals surface area contributed by atoms with Crippen LogP contribution in [0.1, 0.15) is 18.1 Å². The van der Waals surface area contributed by atoms with Gasteiger partial charge in [-0.05, 0) is 25.1 Å². The van der Waals surface area contributed by atoms with Crippen LogP contribution in [0.25, 0.3) is 0 Å². The number of hydrogen-bond donors (Lipinski definition) is 1. The molecule has 0 spiro atoms. The molecule has 1 N–H and O–H groups in total. The standard InChI is InChI=1S/C14H13NO4/c1-4-9-5-6-10(11(16)7-9)13-15-12(8(2)19-13)14(17)18-3/h1,5-8,12,16H,2-3H3. The molecule has 5 heteroatoms. The zero-order valence-electron chi connectivity index (χ0n) is 10.6. The van der Waals surface area contributed by atoms with Gasteiger partial charge < -0.3 is 14.6 Å². The first-order valence-corrected chi connectivity index (χ1v) is 5.69. The fraction of sp³-hybridized carbons (Fsp3) is 0.286. The molecule has 0 aromatic heterocycles. The molecule has 98 valence electrons. The summed E-state index contributed by atoms with van der Waals surface area (Å²) >= 11 is 0. The Morgan fingerprint density at radius 2 is 2.32 bits per heavy atom. The van der Waals surface area contributed by atoms with Gasteiger partial charge in [-0.2, -0.15) is 0 Å². The Kier molecular flexibility index (Phi) is 3.43. The predicted octanol–water partition coefficient (Wildman–Crippen LogP) is 1.08. The van der Waals surface area contributed by atoms with Gasteiger partial charge in [-0.15, -0.1) is 6.42 Å². The van der Waals surface area contributed by atoms with Crippen LogP contribution >= 0.6 is 0 Å². The minimum atomic E-state index is -0.716. The van der Waals surface area contributed by atoms with E-state index < -0.39 is 18.1 Å². The number of hydrogen-bond acceptors (Lipinski definition) is 5. The summed E-state index contributed by atoms with van der Waals surface area (Å²) in [6, 6.07) is 4.00. The molecule has 2 unspecified atom stereocenters. The third kappa shape index (κ3) is 2.38. The van der Waals surface area contributed by atoms with Crippen molar-refractivity contribution in [2.45, 2.75) is 19.1 Å². The normalized spacial score (nSPS) is 21.2. The number of carbonyl (C=O) groups is 1. The van der Waals surface area contributed by atoms with E-state index in [-0.39, 0.29) is 11.6 Å². The maximum atomic E-state index is 11.5. The monoisotopic (exact) mass is 259 g/mol. The number of ether oxygens (including phenoxy) is 2. The van der Waals surface area contributed by atoms with E-state index in [4.69, 9.17) is 11.2 Å². The van der Waals surface area contributed by atoms with Crippen LogP contribution in [-0.2, 0) is 14.3 Å². The average molecular weight is 259 g/mol. The number of benzene rings is 1. The molecular formula is C14H13NO4. The minimum Gasteiger partial charge on any atom is -0.507 e. The Bertz CT molecular complexity index is 586. The summed E-state index contributed by atoms with van der Waals surface area (Å²) < 4.78 is 10.1. The van der Waals surface area contributed by atoms with Gasteiger partial charge in [-0.25, -0.2) is 9.79 Å². The molecule has 1 aliphatic heterocycles. The van der Waals surface area contributed by atoms with Crippen molar-refractivity contribution in [2.24, 2.45) is 4.99 Å².